The van der Waals surface area contributed by atoms with E-state index in [0.29, 0.717) is 12.5 Å². The van der Waals surface area contributed by atoms with Crippen LogP contribution in [0, 0.1) is 5.92 Å². The SMILES string of the molecule is CCOC1(C)CCC(C(C)C)=CC1O. The number of aliphatic hydroxyl groups is 1. The lowest BCUT2D eigenvalue weighted by Crippen LogP contribution is -2.43. The van der Waals surface area contributed by atoms with Crippen molar-refractivity contribution in [3.05, 3.63) is 11.6 Å². The molecule has 1 aliphatic carbocycles. The number of ether oxygens (including phenoxy) is 1. The van der Waals surface area contributed by atoms with Gasteiger partial charge in [0.25, 0.3) is 0 Å². The molecule has 0 saturated heterocycles. The summed E-state index contributed by atoms with van der Waals surface area (Å²) in [5.74, 6) is 0.538. The molecule has 0 spiro atoms. The molecule has 0 aromatic carbocycles. The van der Waals surface area contributed by atoms with Gasteiger partial charge in [-0.3, -0.25) is 0 Å². The van der Waals surface area contributed by atoms with E-state index in [0.717, 1.165) is 12.8 Å². The molecule has 0 saturated carbocycles. The molecule has 0 bridgehead atoms. The summed E-state index contributed by atoms with van der Waals surface area (Å²) in [5, 5.41) is 9.98. The maximum absolute atomic E-state index is 9.98. The van der Waals surface area contributed by atoms with E-state index < -0.39 is 6.10 Å². The zero-order valence-corrected chi connectivity index (χ0v) is 9.71. The van der Waals surface area contributed by atoms with Crippen molar-refractivity contribution in [3.8, 4) is 0 Å². The molecule has 0 aliphatic heterocycles. The molecule has 2 nitrogen and oxygen atoms in total. The van der Waals surface area contributed by atoms with Gasteiger partial charge >= 0.3 is 0 Å². The molecule has 0 aromatic rings. The van der Waals surface area contributed by atoms with Gasteiger partial charge in [0, 0.05) is 6.61 Å². The molecule has 2 heteroatoms. The van der Waals surface area contributed by atoms with Crippen LogP contribution in [0.1, 0.15) is 40.5 Å². The van der Waals surface area contributed by atoms with Gasteiger partial charge < -0.3 is 9.84 Å². The first-order valence-corrected chi connectivity index (χ1v) is 5.52. The van der Waals surface area contributed by atoms with E-state index in [1.165, 1.54) is 5.57 Å². The van der Waals surface area contributed by atoms with Crippen LogP contribution in [0.5, 0.6) is 0 Å². The highest BCUT2D eigenvalue weighted by atomic mass is 16.5. The van der Waals surface area contributed by atoms with Crippen molar-refractivity contribution in [2.45, 2.75) is 52.2 Å². The number of allylic oxidation sites excluding steroid dienone is 1. The zero-order valence-electron chi connectivity index (χ0n) is 9.71. The number of hydrogen-bond acceptors (Lipinski definition) is 2. The van der Waals surface area contributed by atoms with Gasteiger partial charge in [-0.05, 0) is 32.6 Å². The van der Waals surface area contributed by atoms with E-state index in [9.17, 15) is 5.11 Å². The lowest BCUT2D eigenvalue weighted by molar-refractivity contribution is -0.0999. The van der Waals surface area contributed by atoms with Crippen molar-refractivity contribution >= 4 is 0 Å². The minimum absolute atomic E-state index is 0.368. The molecule has 0 radical (unpaired) electrons. The quantitative estimate of drug-likeness (QED) is 0.706. The fraction of sp³-hybridized carbons (Fsp3) is 0.833. The van der Waals surface area contributed by atoms with Crippen LogP contribution in [0.3, 0.4) is 0 Å². The summed E-state index contributed by atoms with van der Waals surface area (Å²) >= 11 is 0. The van der Waals surface area contributed by atoms with Crippen molar-refractivity contribution in [1.82, 2.24) is 0 Å². The molecule has 0 amide bonds. The standard InChI is InChI=1S/C12H22O2/c1-5-14-12(4)7-6-10(9(2)3)8-11(12)13/h8-9,11,13H,5-7H2,1-4H3. The average molecular weight is 198 g/mol. The molecular formula is C12H22O2. The summed E-state index contributed by atoms with van der Waals surface area (Å²) in [7, 11) is 0. The van der Waals surface area contributed by atoms with Crippen molar-refractivity contribution in [3.63, 3.8) is 0 Å². The highest BCUT2D eigenvalue weighted by molar-refractivity contribution is 5.16. The Morgan fingerprint density at radius 1 is 1.64 bits per heavy atom. The minimum atomic E-state index is -0.450. The van der Waals surface area contributed by atoms with Gasteiger partial charge in [0.15, 0.2) is 0 Å². The predicted octanol–water partition coefficient (Wildman–Crippen LogP) is 2.52. The third-order valence-corrected chi connectivity index (χ3v) is 3.12. The first kappa shape index (κ1) is 11.7. The molecule has 0 heterocycles. The third-order valence-electron chi connectivity index (χ3n) is 3.12. The summed E-state index contributed by atoms with van der Waals surface area (Å²) in [5.41, 5.74) is 0.988. The van der Waals surface area contributed by atoms with Crippen molar-refractivity contribution in [2.24, 2.45) is 5.92 Å². The average Bonchev–Trinajstić information content (AvgIpc) is 2.10. The van der Waals surface area contributed by atoms with E-state index in [2.05, 4.69) is 13.8 Å². The Bertz CT molecular complexity index is 220. The number of rotatable bonds is 3. The zero-order chi connectivity index (χ0) is 10.8. The molecule has 82 valence electrons. The largest absolute Gasteiger partial charge is 0.386 e. The third kappa shape index (κ3) is 2.37. The molecule has 1 N–H and O–H groups in total. The summed E-state index contributed by atoms with van der Waals surface area (Å²) in [6.45, 7) is 8.97. The molecule has 0 aromatic heterocycles. The normalized spacial score (nSPS) is 33.3. The highest BCUT2D eigenvalue weighted by Crippen LogP contribution is 2.33. The van der Waals surface area contributed by atoms with Crippen LogP contribution in [0.2, 0.25) is 0 Å². The first-order chi connectivity index (χ1) is 6.49. The fourth-order valence-electron chi connectivity index (χ4n) is 1.97. The fourth-order valence-corrected chi connectivity index (χ4v) is 1.97. The van der Waals surface area contributed by atoms with E-state index in [1.54, 1.807) is 0 Å². The Hall–Kier alpha value is -0.340. The Labute approximate surface area is 87.0 Å². The summed E-state index contributed by atoms with van der Waals surface area (Å²) < 4.78 is 5.62. The van der Waals surface area contributed by atoms with E-state index in [4.69, 9.17) is 4.74 Å². The molecule has 1 aliphatic rings. The van der Waals surface area contributed by atoms with Gasteiger partial charge in [-0.25, -0.2) is 0 Å². The second-order valence-corrected chi connectivity index (χ2v) is 4.59. The van der Waals surface area contributed by atoms with Crippen LogP contribution in [0.4, 0.5) is 0 Å². The summed E-state index contributed by atoms with van der Waals surface area (Å²) in [4.78, 5) is 0. The maximum Gasteiger partial charge on any atom is 0.101 e. The second kappa shape index (κ2) is 4.45. The van der Waals surface area contributed by atoms with Gasteiger partial charge in [0.1, 0.15) is 6.10 Å². The Balaban J connectivity index is 2.73. The van der Waals surface area contributed by atoms with Gasteiger partial charge in [0.05, 0.1) is 5.60 Å². The molecule has 14 heavy (non-hydrogen) atoms. The number of hydrogen-bond donors (Lipinski definition) is 1. The topological polar surface area (TPSA) is 29.5 Å². The maximum atomic E-state index is 9.98. The van der Waals surface area contributed by atoms with Crippen LogP contribution in [-0.2, 0) is 4.74 Å². The second-order valence-electron chi connectivity index (χ2n) is 4.59. The van der Waals surface area contributed by atoms with Crippen LogP contribution >= 0.6 is 0 Å². The Morgan fingerprint density at radius 2 is 2.29 bits per heavy atom. The molecule has 2 unspecified atom stereocenters. The molecule has 1 rings (SSSR count). The minimum Gasteiger partial charge on any atom is -0.386 e. The van der Waals surface area contributed by atoms with Crippen LogP contribution in [-0.4, -0.2) is 23.4 Å². The van der Waals surface area contributed by atoms with Gasteiger partial charge in [0.2, 0.25) is 0 Å². The number of aliphatic hydroxyl groups excluding tert-OH is 1. The molecule has 2 atom stereocenters. The smallest absolute Gasteiger partial charge is 0.101 e. The predicted molar refractivity (Wildman–Crippen MR) is 58.2 cm³/mol. The Morgan fingerprint density at radius 3 is 2.71 bits per heavy atom. The lowest BCUT2D eigenvalue weighted by atomic mass is 9.81. The van der Waals surface area contributed by atoms with Crippen molar-refractivity contribution in [1.29, 1.82) is 0 Å². The molecular weight excluding hydrogens is 176 g/mol. The molecule has 0 fully saturated rings. The van der Waals surface area contributed by atoms with Crippen LogP contribution < -0.4 is 0 Å². The monoisotopic (exact) mass is 198 g/mol. The van der Waals surface area contributed by atoms with Crippen LogP contribution in [0.15, 0.2) is 11.6 Å². The Kier molecular flexibility index (Phi) is 3.73. The summed E-state index contributed by atoms with van der Waals surface area (Å²) in [6, 6.07) is 0. The van der Waals surface area contributed by atoms with Gasteiger partial charge in [-0.15, -0.1) is 0 Å². The van der Waals surface area contributed by atoms with Gasteiger partial charge in [-0.2, -0.15) is 0 Å². The van der Waals surface area contributed by atoms with Gasteiger partial charge in [-0.1, -0.05) is 25.5 Å². The van der Waals surface area contributed by atoms with Crippen molar-refractivity contribution < 1.29 is 9.84 Å². The van der Waals surface area contributed by atoms with Crippen molar-refractivity contribution in [2.75, 3.05) is 6.61 Å². The van der Waals surface area contributed by atoms with E-state index >= 15 is 0 Å². The lowest BCUT2D eigenvalue weighted by Gasteiger charge is -2.37. The first-order valence-electron chi connectivity index (χ1n) is 5.52. The highest BCUT2D eigenvalue weighted by Gasteiger charge is 2.35. The van der Waals surface area contributed by atoms with Crippen LogP contribution in [0.25, 0.3) is 0 Å². The summed E-state index contributed by atoms with van der Waals surface area (Å²) in [6.07, 6.45) is 3.50. The van der Waals surface area contributed by atoms with E-state index in [1.807, 2.05) is 19.9 Å². The van der Waals surface area contributed by atoms with E-state index in [-0.39, 0.29) is 5.60 Å².